The lowest BCUT2D eigenvalue weighted by Crippen LogP contribution is -2.63. The standard InChI is InChI=1S/C21H28N2O4/c1-16-2-4-17(5-3-16)10-20(25)23-14-21(15-23)12-18(13-27-21)11-19(24)22-6-8-26-9-7-22/h2-5,18H,6-15H2,1H3. The molecule has 0 bridgehead atoms. The van der Waals surface area contributed by atoms with Gasteiger partial charge in [0.1, 0.15) is 5.60 Å². The number of amides is 2. The van der Waals surface area contributed by atoms with Crippen molar-refractivity contribution in [2.45, 2.75) is 31.8 Å². The van der Waals surface area contributed by atoms with Gasteiger partial charge in [-0.1, -0.05) is 29.8 Å². The molecule has 6 nitrogen and oxygen atoms in total. The molecule has 3 aliphatic heterocycles. The highest BCUT2D eigenvalue weighted by molar-refractivity contribution is 5.80. The average Bonchev–Trinajstić information content (AvgIpc) is 3.07. The van der Waals surface area contributed by atoms with Crippen LogP contribution in [0.2, 0.25) is 0 Å². The van der Waals surface area contributed by atoms with Gasteiger partial charge in [-0.05, 0) is 24.8 Å². The van der Waals surface area contributed by atoms with Crippen molar-refractivity contribution in [1.82, 2.24) is 9.80 Å². The van der Waals surface area contributed by atoms with Gasteiger partial charge in [0.25, 0.3) is 0 Å². The number of nitrogens with zero attached hydrogens (tertiary/aromatic N) is 2. The van der Waals surface area contributed by atoms with Crippen LogP contribution in [0.5, 0.6) is 0 Å². The molecule has 3 aliphatic rings. The van der Waals surface area contributed by atoms with Crippen LogP contribution in [0.15, 0.2) is 24.3 Å². The number of hydrogen-bond donors (Lipinski definition) is 0. The summed E-state index contributed by atoms with van der Waals surface area (Å²) >= 11 is 0. The Morgan fingerprint density at radius 2 is 1.78 bits per heavy atom. The van der Waals surface area contributed by atoms with Crippen molar-refractivity contribution in [2.24, 2.45) is 5.92 Å². The number of rotatable bonds is 4. The van der Waals surface area contributed by atoms with E-state index in [0.717, 1.165) is 12.0 Å². The fraction of sp³-hybridized carbons (Fsp3) is 0.619. The molecule has 3 heterocycles. The molecule has 3 saturated heterocycles. The molecular weight excluding hydrogens is 344 g/mol. The van der Waals surface area contributed by atoms with Crippen molar-refractivity contribution in [2.75, 3.05) is 46.0 Å². The number of aryl methyl sites for hydroxylation is 1. The van der Waals surface area contributed by atoms with Gasteiger partial charge in [0.15, 0.2) is 0 Å². The van der Waals surface area contributed by atoms with Gasteiger partial charge in [0.2, 0.25) is 11.8 Å². The van der Waals surface area contributed by atoms with Crippen molar-refractivity contribution in [3.8, 4) is 0 Å². The molecule has 27 heavy (non-hydrogen) atoms. The monoisotopic (exact) mass is 372 g/mol. The molecule has 1 spiro atoms. The van der Waals surface area contributed by atoms with Crippen molar-refractivity contribution in [1.29, 1.82) is 0 Å². The Morgan fingerprint density at radius 3 is 2.48 bits per heavy atom. The Bertz CT molecular complexity index is 691. The van der Waals surface area contributed by atoms with Crippen LogP contribution in [0.25, 0.3) is 0 Å². The maximum Gasteiger partial charge on any atom is 0.227 e. The molecule has 0 N–H and O–H groups in total. The van der Waals surface area contributed by atoms with Gasteiger partial charge in [0, 0.05) is 19.5 Å². The molecule has 1 aromatic rings. The van der Waals surface area contributed by atoms with Gasteiger partial charge in [-0.3, -0.25) is 9.59 Å². The number of ether oxygens (including phenoxy) is 2. The quantitative estimate of drug-likeness (QED) is 0.802. The molecule has 0 aliphatic carbocycles. The Morgan fingerprint density at radius 1 is 1.07 bits per heavy atom. The minimum absolute atomic E-state index is 0.154. The molecular formula is C21H28N2O4. The van der Waals surface area contributed by atoms with Crippen LogP contribution in [0.3, 0.4) is 0 Å². The van der Waals surface area contributed by atoms with Crippen LogP contribution in [0.1, 0.15) is 24.0 Å². The first-order valence-corrected chi connectivity index (χ1v) is 9.86. The summed E-state index contributed by atoms with van der Waals surface area (Å²) in [5.41, 5.74) is 2.03. The van der Waals surface area contributed by atoms with Gasteiger partial charge in [-0.2, -0.15) is 0 Å². The Kier molecular flexibility index (Phi) is 5.19. The van der Waals surface area contributed by atoms with Gasteiger partial charge in [-0.25, -0.2) is 0 Å². The highest BCUT2D eigenvalue weighted by atomic mass is 16.5. The molecule has 1 unspecified atom stereocenters. The predicted octanol–water partition coefficient (Wildman–Crippen LogP) is 1.40. The summed E-state index contributed by atoms with van der Waals surface area (Å²) in [6, 6.07) is 8.11. The van der Waals surface area contributed by atoms with Crippen LogP contribution < -0.4 is 0 Å². The molecule has 0 radical (unpaired) electrons. The van der Waals surface area contributed by atoms with Crippen LogP contribution >= 0.6 is 0 Å². The summed E-state index contributed by atoms with van der Waals surface area (Å²) in [5, 5.41) is 0. The molecule has 6 heteroatoms. The fourth-order valence-electron chi connectivity index (χ4n) is 4.30. The summed E-state index contributed by atoms with van der Waals surface area (Å²) in [5.74, 6) is 0.617. The first-order valence-electron chi connectivity index (χ1n) is 9.86. The van der Waals surface area contributed by atoms with Crippen LogP contribution in [0.4, 0.5) is 0 Å². The number of carbonyl (C=O) groups excluding carboxylic acids is 2. The van der Waals surface area contributed by atoms with Gasteiger partial charge in [0.05, 0.1) is 39.3 Å². The molecule has 3 fully saturated rings. The molecule has 1 atom stereocenters. The minimum Gasteiger partial charge on any atom is -0.378 e. The van der Waals surface area contributed by atoms with Gasteiger partial charge in [-0.15, -0.1) is 0 Å². The Hall–Kier alpha value is -1.92. The zero-order chi connectivity index (χ0) is 18.9. The number of morpholine rings is 1. The van der Waals surface area contributed by atoms with E-state index in [1.54, 1.807) is 0 Å². The molecule has 4 rings (SSSR count). The van der Waals surface area contributed by atoms with Crippen LogP contribution in [-0.2, 0) is 25.5 Å². The highest BCUT2D eigenvalue weighted by Gasteiger charge is 2.51. The minimum atomic E-state index is -0.223. The third-order valence-electron chi connectivity index (χ3n) is 5.90. The summed E-state index contributed by atoms with van der Waals surface area (Å²) in [7, 11) is 0. The SMILES string of the molecule is Cc1ccc(CC(=O)N2CC3(CC(CC(=O)N4CCOCC4)CO3)C2)cc1. The second-order valence-corrected chi connectivity index (χ2v) is 8.17. The number of carbonyl (C=O) groups is 2. The third kappa shape index (κ3) is 4.17. The van der Waals surface area contributed by atoms with Crippen molar-refractivity contribution < 1.29 is 19.1 Å². The Labute approximate surface area is 160 Å². The third-order valence-corrected chi connectivity index (χ3v) is 5.90. The molecule has 0 saturated carbocycles. The molecule has 0 aromatic heterocycles. The second-order valence-electron chi connectivity index (χ2n) is 8.17. The van der Waals surface area contributed by atoms with E-state index in [1.165, 1.54) is 5.56 Å². The first-order chi connectivity index (χ1) is 13.0. The lowest BCUT2D eigenvalue weighted by molar-refractivity contribution is -0.157. The fourth-order valence-corrected chi connectivity index (χ4v) is 4.30. The van der Waals surface area contributed by atoms with E-state index >= 15 is 0 Å². The summed E-state index contributed by atoms with van der Waals surface area (Å²) < 4.78 is 11.3. The molecule has 1 aromatic carbocycles. The summed E-state index contributed by atoms with van der Waals surface area (Å²) in [6.45, 7) is 6.62. The van der Waals surface area contributed by atoms with Crippen LogP contribution in [0, 0.1) is 12.8 Å². The van der Waals surface area contributed by atoms with Crippen molar-refractivity contribution in [3.05, 3.63) is 35.4 Å². The first kappa shape index (κ1) is 18.4. The normalized spacial score (nSPS) is 24.1. The Balaban J connectivity index is 1.23. The van der Waals surface area contributed by atoms with E-state index in [2.05, 4.69) is 0 Å². The maximum atomic E-state index is 12.5. The van der Waals surface area contributed by atoms with E-state index in [4.69, 9.17) is 9.47 Å². The van der Waals surface area contributed by atoms with Gasteiger partial charge >= 0.3 is 0 Å². The van der Waals surface area contributed by atoms with E-state index in [9.17, 15) is 9.59 Å². The van der Waals surface area contributed by atoms with E-state index < -0.39 is 0 Å². The number of hydrogen-bond acceptors (Lipinski definition) is 4. The smallest absolute Gasteiger partial charge is 0.227 e. The molecule has 146 valence electrons. The number of benzene rings is 1. The van der Waals surface area contributed by atoms with E-state index in [-0.39, 0.29) is 23.3 Å². The number of likely N-dealkylation sites (tertiary alicyclic amines) is 1. The zero-order valence-corrected chi connectivity index (χ0v) is 16.0. The van der Waals surface area contributed by atoms with Gasteiger partial charge < -0.3 is 19.3 Å². The van der Waals surface area contributed by atoms with E-state index in [1.807, 2.05) is 41.0 Å². The largest absolute Gasteiger partial charge is 0.378 e. The lowest BCUT2D eigenvalue weighted by Gasteiger charge is -2.47. The van der Waals surface area contributed by atoms with E-state index in [0.29, 0.717) is 58.8 Å². The van der Waals surface area contributed by atoms with Crippen molar-refractivity contribution >= 4 is 11.8 Å². The molecule has 2 amide bonds. The predicted molar refractivity (Wildman–Crippen MR) is 100 cm³/mol. The highest BCUT2D eigenvalue weighted by Crippen LogP contribution is 2.39. The maximum absolute atomic E-state index is 12.5. The topological polar surface area (TPSA) is 59.1 Å². The van der Waals surface area contributed by atoms with Crippen molar-refractivity contribution in [3.63, 3.8) is 0 Å². The zero-order valence-electron chi connectivity index (χ0n) is 16.0. The summed E-state index contributed by atoms with van der Waals surface area (Å²) in [4.78, 5) is 28.7. The average molecular weight is 372 g/mol. The second kappa shape index (κ2) is 7.60. The lowest BCUT2D eigenvalue weighted by atomic mass is 9.85. The summed E-state index contributed by atoms with van der Waals surface area (Å²) in [6.07, 6.45) is 1.85. The van der Waals surface area contributed by atoms with Crippen LogP contribution in [-0.4, -0.2) is 73.2 Å².